The van der Waals surface area contributed by atoms with Crippen molar-refractivity contribution >= 4 is 18.1 Å². The molecule has 0 unspecified atom stereocenters. The van der Waals surface area contributed by atoms with E-state index in [0.29, 0.717) is 29.4 Å². The fraction of sp³-hybridized carbons (Fsp3) is 0.136. The molecule has 26 heavy (non-hydrogen) atoms. The molecule has 0 saturated heterocycles. The lowest BCUT2D eigenvalue weighted by Crippen LogP contribution is -2.12. The van der Waals surface area contributed by atoms with Crippen LogP contribution in [0.4, 0.5) is 0 Å². The summed E-state index contributed by atoms with van der Waals surface area (Å²) in [6, 6.07) is 19.6. The van der Waals surface area contributed by atoms with E-state index in [2.05, 4.69) is 9.97 Å². The van der Waals surface area contributed by atoms with E-state index in [9.17, 15) is 4.79 Å². The van der Waals surface area contributed by atoms with Gasteiger partial charge in [-0.05, 0) is 25.5 Å². The Morgan fingerprint density at radius 1 is 0.962 bits per heavy atom. The molecule has 3 aromatic rings. The Kier molecular flexibility index (Phi) is 5.54. The van der Waals surface area contributed by atoms with Crippen LogP contribution in [0.25, 0.3) is 23.4 Å². The van der Waals surface area contributed by atoms with Gasteiger partial charge in [0, 0.05) is 5.56 Å². The normalized spacial score (nSPS) is 10.8. The first-order chi connectivity index (χ1) is 12.7. The highest BCUT2D eigenvalue weighted by Gasteiger charge is 2.20. The summed E-state index contributed by atoms with van der Waals surface area (Å²) >= 11 is 0. The van der Waals surface area contributed by atoms with E-state index in [1.165, 1.54) is 0 Å². The molecule has 0 fully saturated rings. The molecule has 2 aromatic carbocycles. The number of carbonyl (C=O) groups excluding carboxylic acids is 1. The molecule has 0 aliphatic heterocycles. The average molecular weight is 344 g/mol. The number of hydrogen-bond acceptors (Lipinski definition) is 4. The number of hydrogen-bond donors (Lipinski definition) is 0. The topological polar surface area (TPSA) is 52.1 Å². The quantitative estimate of drug-likeness (QED) is 0.624. The van der Waals surface area contributed by atoms with E-state index in [-0.39, 0.29) is 0 Å². The Morgan fingerprint density at radius 2 is 1.62 bits per heavy atom. The number of aromatic nitrogens is 2. The Hall–Kier alpha value is -3.27. The van der Waals surface area contributed by atoms with Gasteiger partial charge in [-0.15, -0.1) is 0 Å². The van der Waals surface area contributed by atoms with Crippen molar-refractivity contribution in [3.63, 3.8) is 0 Å². The summed E-state index contributed by atoms with van der Waals surface area (Å²) in [5, 5.41) is 0. The van der Waals surface area contributed by atoms with Crippen LogP contribution < -0.4 is 0 Å². The van der Waals surface area contributed by atoms with Crippen molar-refractivity contribution in [2.75, 3.05) is 6.61 Å². The third-order valence-electron chi connectivity index (χ3n) is 3.86. The highest BCUT2D eigenvalue weighted by Crippen LogP contribution is 2.25. The van der Waals surface area contributed by atoms with Crippen molar-refractivity contribution in [3.8, 4) is 11.3 Å². The minimum absolute atomic E-state index is 0.308. The highest BCUT2D eigenvalue weighted by atomic mass is 16.5. The predicted molar refractivity (Wildman–Crippen MR) is 104 cm³/mol. The maximum absolute atomic E-state index is 12.4. The van der Waals surface area contributed by atoms with Gasteiger partial charge in [0.2, 0.25) is 0 Å². The number of carbonyl (C=O) groups is 1. The zero-order valence-corrected chi connectivity index (χ0v) is 14.8. The van der Waals surface area contributed by atoms with Gasteiger partial charge in [0.25, 0.3) is 0 Å². The van der Waals surface area contributed by atoms with Gasteiger partial charge < -0.3 is 4.74 Å². The zero-order valence-electron chi connectivity index (χ0n) is 14.8. The van der Waals surface area contributed by atoms with Crippen molar-refractivity contribution in [3.05, 3.63) is 83.3 Å². The molecule has 1 aromatic heterocycles. The van der Waals surface area contributed by atoms with Crippen LogP contribution >= 0.6 is 0 Å². The van der Waals surface area contributed by atoms with Crippen LogP contribution in [0.5, 0.6) is 0 Å². The summed E-state index contributed by atoms with van der Waals surface area (Å²) < 4.78 is 5.20. The third kappa shape index (κ3) is 4.03. The first-order valence-electron chi connectivity index (χ1n) is 8.53. The van der Waals surface area contributed by atoms with Gasteiger partial charge >= 0.3 is 5.97 Å². The first-order valence-corrected chi connectivity index (χ1v) is 8.53. The maximum Gasteiger partial charge on any atom is 0.342 e. The molecule has 0 N–H and O–H groups in total. The molecule has 0 aliphatic rings. The average Bonchev–Trinajstić information content (AvgIpc) is 2.67. The molecule has 3 rings (SSSR count). The van der Waals surface area contributed by atoms with E-state index in [0.717, 1.165) is 11.1 Å². The summed E-state index contributed by atoms with van der Waals surface area (Å²) in [6.07, 6.45) is 3.80. The Bertz CT molecular complexity index is 920. The second-order valence-electron chi connectivity index (χ2n) is 5.72. The fourth-order valence-corrected chi connectivity index (χ4v) is 2.66. The molecule has 0 saturated carbocycles. The summed E-state index contributed by atoms with van der Waals surface area (Å²) in [6.45, 7) is 3.90. The molecule has 0 radical (unpaired) electrons. The van der Waals surface area contributed by atoms with Crippen LogP contribution in [0, 0.1) is 6.92 Å². The number of ether oxygens (including phenoxy) is 1. The van der Waals surface area contributed by atoms with Crippen LogP contribution in [-0.4, -0.2) is 22.5 Å². The van der Waals surface area contributed by atoms with E-state index in [1.807, 2.05) is 72.8 Å². The molecule has 0 spiro atoms. The van der Waals surface area contributed by atoms with Crippen LogP contribution in [0.2, 0.25) is 0 Å². The van der Waals surface area contributed by atoms with Crippen LogP contribution in [-0.2, 0) is 4.74 Å². The number of rotatable bonds is 5. The summed E-state index contributed by atoms with van der Waals surface area (Å²) in [7, 11) is 0. The second-order valence-corrected chi connectivity index (χ2v) is 5.72. The molecule has 0 aliphatic carbocycles. The van der Waals surface area contributed by atoms with Crippen LogP contribution in [0.1, 0.15) is 34.4 Å². The largest absolute Gasteiger partial charge is 0.462 e. The molecule has 0 atom stereocenters. The smallest absolute Gasteiger partial charge is 0.342 e. The van der Waals surface area contributed by atoms with Crippen molar-refractivity contribution < 1.29 is 9.53 Å². The van der Waals surface area contributed by atoms with Gasteiger partial charge in [0.1, 0.15) is 5.56 Å². The minimum atomic E-state index is -0.401. The van der Waals surface area contributed by atoms with Crippen LogP contribution in [0.3, 0.4) is 0 Å². The lowest BCUT2D eigenvalue weighted by Gasteiger charge is -2.11. The lowest BCUT2D eigenvalue weighted by atomic mass is 10.0. The molecule has 4 heteroatoms. The van der Waals surface area contributed by atoms with Gasteiger partial charge in [-0.3, -0.25) is 0 Å². The number of nitrogens with zero attached hydrogens (tertiary/aromatic N) is 2. The van der Waals surface area contributed by atoms with E-state index in [1.54, 1.807) is 13.8 Å². The zero-order chi connectivity index (χ0) is 18.4. The molecule has 0 bridgehead atoms. The minimum Gasteiger partial charge on any atom is -0.462 e. The van der Waals surface area contributed by atoms with Crippen molar-refractivity contribution in [1.29, 1.82) is 0 Å². The molecule has 0 amide bonds. The second kappa shape index (κ2) is 8.21. The SMILES string of the molecule is CCOC(=O)c1c(C)nc(/C=C/c2ccccc2)nc1-c1ccccc1. The van der Waals surface area contributed by atoms with Gasteiger partial charge in [0.15, 0.2) is 5.82 Å². The van der Waals surface area contributed by atoms with E-state index >= 15 is 0 Å². The standard InChI is InChI=1S/C22H20N2O2/c1-3-26-22(25)20-16(2)23-19(15-14-17-10-6-4-7-11-17)24-21(20)18-12-8-5-9-13-18/h4-15H,3H2,1-2H3/b15-14+. The fourth-order valence-electron chi connectivity index (χ4n) is 2.66. The molecule has 130 valence electrons. The highest BCUT2D eigenvalue weighted by molar-refractivity contribution is 5.97. The monoisotopic (exact) mass is 344 g/mol. The molecular formula is C22H20N2O2. The summed E-state index contributed by atoms with van der Waals surface area (Å²) in [5.74, 6) is 0.153. The number of esters is 1. The summed E-state index contributed by atoms with van der Waals surface area (Å²) in [4.78, 5) is 21.5. The lowest BCUT2D eigenvalue weighted by molar-refractivity contribution is 0.0525. The first kappa shape index (κ1) is 17.5. The van der Waals surface area contributed by atoms with E-state index in [4.69, 9.17) is 4.74 Å². The van der Waals surface area contributed by atoms with Crippen molar-refractivity contribution in [1.82, 2.24) is 9.97 Å². The summed E-state index contributed by atoms with van der Waals surface area (Å²) in [5.41, 5.74) is 3.52. The van der Waals surface area contributed by atoms with Gasteiger partial charge in [0.05, 0.1) is 18.0 Å². The Labute approximate surface area is 153 Å². The molecule has 4 nitrogen and oxygen atoms in total. The van der Waals surface area contributed by atoms with E-state index < -0.39 is 5.97 Å². The van der Waals surface area contributed by atoms with Gasteiger partial charge in [-0.1, -0.05) is 66.7 Å². The number of aryl methyl sites for hydroxylation is 1. The Morgan fingerprint density at radius 3 is 2.27 bits per heavy atom. The van der Waals surface area contributed by atoms with Gasteiger partial charge in [-0.2, -0.15) is 0 Å². The third-order valence-corrected chi connectivity index (χ3v) is 3.86. The van der Waals surface area contributed by atoms with Crippen molar-refractivity contribution in [2.24, 2.45) is 0 Å². The maximum atomic E-state index is 12.4. The van der Waals surface area contributed by atoms with Crippen molar-refractivity contribution in [2.45, 2.75) is 13.8 Å². The van der Waals surface area contributed by atoms with Crippen LogP contribution in [0.15, 0.2) is 60.7 Å². The Balaban J connectivity index is 2.07. The number of benzene rings is 2. The predicted octanol–water partition coefficient (Wildman–Crippen LogP) is 4.80. The van der Waals surface area contributed by atoms with Gasteiger partial charge in [-0.25, -0.2) is 14.8 Å². The molecular weight excluding hydrogens is 324 g/mol. The molecule has 1 heterocycles.